The lowest BCUT2D eigenvalue weighted by Gasteiger charge is -2.08. The summed E-state index contributed by atoms with van der Waals surface area (Å²) in [5.41, 5.74) is 0. The first kappa shape index (κ1) is 14.7. The summed E-state index contributed by atoms with van der Waals surface area (Å²) in [4.78, 5) is 15.3. The topological polar surface area (TPSA) is 52.6 Å². The Hall–Kier alpha value is -1.35. The summed E-state index contributed by atoms with van der Waals surface area (Å²) in [7, 11) is 3.72. The average Bonchev–Trinajstić information content (AvgIpc) is 2.74. The third-order valence-electron chi connectivity index (χ3n) is 2.03. The summed E-state index contributed by atoms with van der Waals surface area (Å²) in [5, 5.41) is 11.5. The average molecular weight is 266 g/mol. The van der Waals surface area contributed by atoms with E-state index in [-0.39, 0.29) is 12.5 Å². The van der Waals surface area contributed by atoms with E-state index in [4.69, 9.17) is 5.11 Å². The fourth-order valence-electron chi connectivity index (χ4n) is 1.27. The Morgan fingerprint density at radius 3 is 2.94 bits per heavy atom. The highest BCUT2D eigenvalue weighted by Crippen LogP contribution is 2.14. The van der Waals surface area contributed by atoms with Gasteiger partial charge in [0.2, 0.25) is 5.91 Å². The van der Waals surface area contributed by atoms with Gasteiger partial charge in [-0.05, 0) is 26.2 Å². The molecule has 0 bridgehead atoms. The standard InChI is InChI=1S/C13H18N2O2S/c1-15(2)10-13(17)14-9-12-7-6-11(18-12)5-3-4-8-16/h6-7,16H,4,8-10H2,1-2H3,(H,14,17). The molecule has 4 nitrogen and oxygen atoms in total. The highest BCUT2D eigenvalue weighted by Gasteiger charge is 2.03. The van der Waals surface area contributed by atoms with E-state index >= 15 is 0 Å². The molecule has 18 heavy (non-hydrogen) atoms. The maximum atomic E-state index is 11.4. The molecule has 0 spiro atoms. The first-order valence-corrected chi connectivity index (χ1v) is 6.53. The Bertz CT molecular complexity index is 443. The second kappa shape index (κ2) is 7.88. The van der Waals surface area contributed by atoms with Gasteiger partial charge in [-0.2, -0.15) is 0 Å². The molecule has 1 aromatic heterocycles. The first-order valence-electron chi connectivity index (χ1n) is 5.71. The third kappa shape index (κ3) is 5.82. The predicted octanol–water partition coefficient (Wildman–Crippen LogP) is 0.660. The fraction of sp³-hybridized carbons (Fsp3) is 0.462. The molecule has 0 fully saturated rings. The van der Waals surface area contributed by atoms with Crippen molar-refractivity contribution in [2.45, 2.75) is 13.0 Å². The van der Waals surface area contributed by atoms with Gasteiger partial charge in [0, 0.05) is 11.3 Å². The smallest absolute Gasteiger partial charge is 0.234 e. The zero-order chi connectivity index (χ0) is 13.4. The second-order valence-corrected chi connectivity index (χ2v) is 5.22. The predicted molar refractivity (Wildman–Crippen MR) is 73.3 cm³/mol. The summed E-state index contributed by atoms with van der Waals surface area (Å²) >= 11 is 1.56. The first-order chi connectivity index (χ1) is 8.61. The minimum absolute atomic E-state index is 0.0151. The number of hydrogen-bond donors (Lipinski definition) is 2. The quantitative estimate of drug-likeness (QED) is 0.770. The van der Waals surface area contributed by atoms with Gasteiger partial charge in [-0.25, -0.2) is 0 Å². The second-order valence-electron chi connectivity index (χ2n) is 4.06. The van der Waals surface area contributed by atoms with Crippen LogP contribution in [0.2, 0.25) is 0 Å². The molecule has 5 heteroatoms. The number of carbonyl (C=O) groups excluding carboxylic acids is 1. The molecule has 1 heterocycles. The fourth-order valence-corrected chi connectivity index (χ4v) is 2.10. The highest BCUT2D eigenvalue weighted by molar-refractivity contribution is 7.12. The Morgan fingerprint density at radius 1 is 1.50 bits per heavy atom. The van der Waals surface area contributed by atoms with Crippen molar-refractivity contribution in [3.8, 4) is 11.8 Å². The normalized spacial score (nSPS) is 10.0. The molecule has 0 aliphatic heterocycles. The van der Waals surface area contributed by atoms with Crippen LogP contribution in [0, 0.1) is 11.8 Å². The summed E-state index contributed by atoms with van der Waals surface area (Å²) in [6, 6.07) is 3.89. The van der Waals surface area contributed by atoms with Crippen molar-refractivity contribution in [3.63, 3.8) is 0 Å². The van der Waals surface area contributed by atoms with E-state index in [1.54, 1.807) is 11.3 Å². The molecule has 0 unspecified atom stereocenters. The van der Waals surface area contributed by atoms with E-state index in [9.17, 15) is 4.79 Å². The van der Waals surface area contributed by atoms with Crippen molar-refractivity contribution in [2.24, 2.45) is 0 Å². The van der Waals surface area contributed by atoms with Crippen molar-refractivity contribution >= 4 is 17.2 Å². The van der Waals surface area contributed by atoms with Gasteiger partial charge in [0.05, 0.1) is 24.6 Å². The SMILES string of the molecule is CN(C)CC(=O)NCc1ccc(C#CCCO)s1. The summed E-state index contributed by atoms with van der Waals surface area (Å²) in [5.74, 6) is 5.86. The van der Waals surface area contributed by atoms with E-state index in [1.807, 2.05) is 31.1 Å². The van der Waals surface area contributed by atoms with Crippen LogP contribution in [-0.4, -0.2) is 43.2 Å². The lowest BCUT2D eigenvalue weighted by atomic mass is 10.4. The lowest BCUT2D eigenvalue weighted by molar-refractivity contribution is -0.121. The molecule has 0 aromatic carbocycles. The van der Waals surface area contributed by atoms with Crippen molar-refractivity contribution < 1.29 is 9.90 Å². The van der Waals surface area contributed by atoms with Gasteiger partial charge >= 0.3 is 0 Å². The Kier molecular flexibility index (Phi) is 6.44. The van der Waals surface area contributed by atoms with Crippen LogP contribution >= 0.6 is 11.3 Å². The summed E-state index contributed by atoms with van der Waals surface area (Å²) < 4.78 is 0. The number of thiophene rings is 1. The number of carbonyl (C=O) groups is 1. The van der Waals surface area contributed by atoms with Gasteiger partial charge in [-0.3, -0.25) is 4.79 Å². The number of rotatable bonds is 5. The minimum atomic E-state index is 0.0151. The van der Waals surface area contributed by atoms with Gasteiger partial charge < -0.3 is 15.3 Å². The van der Waals surface area contributed by atoms with Gasteiger partial charge in [-0.1, -0.05) is 11.8 Å². The largest absolute Gasteiger partial charge is 0.395 e. The van der Waals surface area contributed by atoms with Gasteiger partial charge in [0.25, 0.3) is 0 Å². The number of nitrogens with zero attached hydrogens (tertiary/aromatic N) is 1. The molecule has 0 atom stereocenters. The highest BCUT2D eigenvalue weighted by atomic mass is 32.1. The number of amides is 1. The number of aliphatic hydroxyl groups excluding tert-OH is 1. The van der Waals surface area contributed by atoms with Gasteiger partial charge in [-0.15, -0.1) is 11.3 Å². The third-order valence-corrected chi connectivity index (χ3v) is 3.03. The molecule has 0 saturated heterocycles. The van der Waals surface area contributed by atoms with E-state index < -0.39 is 0 Å². The monoisotopic (exact) mass is 266 g/mol. The molecular weight excluding hydrogens is 248 g/mol. The van der Waals surface area contributed by atoms with Crippen LogP contribution in [0.25, 0.3) is 0 Å². The van der Waals surface area contributed by atoms with Crippen LogP contribution in [0.5, 0.6) is 0 Å². The molecule has 2 N–H and O–H groups in total. The zero-order valence-corrected chi connectivity index (χ0v) is 11.5. The molecule has 0 aliphatic carbocycles. The lowest BCUT2D eigenvalue weighted by Crippen LogP contribution is -2.32. The van der Waals surface area contributed by atoms with Crippen LogP contribution in [-0.2, 0) is 11.3 Å². The van der Waals surface area contributed by atoms with Crippen LogP contribution < -0.4 is 5.32 Å². The molecule has 1 aromatic rings. The van der Waals surface area contributed by atoms with Crippen molar-refractivity contribution in [1.82, 2.24) is 10.2 Å². The van der Waals surface area contributed by atoms with Gasteiger partial charge in [0.15, 0.2) is 0 Å². The van der Waals surface area contributed by atoms with E-state index in [1.165, 1.54) is 0 Å². The van der Waals surface area contributed by atoms with Crippen molar-refractivity contribution in [1.29, 1.82) is 0 Å². The number of aliphatic hydroxyl groups is 1. The maximum Gasteiger partial charge on any atom is 0.234 e. The van der Waals surface area contributed by atoms with Crippen molar-refractivity contribution in [2.75, 3.05) is 27.2 Å². The summed E-state index contributed by atoms with van der Waals surface area (Å²) in [6.45, 7) is 1.03. The zero-order valence-electron chi connectivity index (χ0n) is 10.7. The molecule has 0 saturated carbocycles. The van der Waals surface area contributed by atoms with Gasteiger partial charge in [0.1, 0.15) is 0 Å². The summed E-state index contributed by atoms with van der Waals surface area (Å²) in [6.07, 6.45) is 0.493. The van der Waals surface area contributed by atoms with E-state index in [0.29, 0.717) is 19.5 Å². The van der Waals surface area contributed by atoms with Crippen LogP contribution in [0.4, 0.5) is 0 Å². The van der Waals surface area contributed by atoms with Crippen LogP contribution in [0.3, 0.4) is 0 Å². The molecule has 0 aliphatic rings. The van der Waals surface area contributed by atoms with Crippen LogP contribution in [0.15, 0.2) is 12.1 Å². The molecule has 0 radical (unpaired) electrons. The molecule has 1 rings (SSSR count). The Morgan fingerprint density at radius 2 is 2.28 bits per heavy atom. The Labute approximate surface area is 112 Å². The number of likely N-dealkylation sites (N-methyl/N-ethyl adjacent to an activating group) is 1. The van der Waals surface area contributed by atoms with Crippen molar-refractivity contribution in [3.05, 3.63) is 21.9 Å². The number of nitrogens with one attached hydrogen (secondary N) is 1. The van der Waals surface area contributed by atoms with Crippen LogP contribution in [0.1, 0.15) is 16.2 Å². The number of hydrogen-bond acceptors (Lipinski definition) is 4. The minimum Gasteiger partial charge on any atom is -0.395 e. The maximum absolute atomic E-state index is 11.4. The van der Waals surface area contributed by atoms with E-state index in [2.05, 4.69) is 17.2 Å². The van der Waals surface area contributed by atoms with E-state index in [0.717, 1.165) is 9.75 Å². The molecule has 1 amide bonds. The molecule has 98 valence electrons. The molecular formula is C13H18N2O2S. The Balaban J connectivity index is 2.40.